The van der Waals surface area contributed by atoms with Crippen LogP contribution in [0.5, 0.6) is 0 Å². The number of amides is 3. The Balaban J connectivity index is 1.48. The first-order chi connectivity index (χ1) is 15.4. The summed E-state index contributed by atoms with van der Waals surface area (Å²) in [7, 11) is 0. The number of nitrogens with one attached hydrogen (secondary N) is 1. The molecule has 0 spiro atoms. The predicted molar refractivity (Wildman–Crippen MR) is 129 cm³/mol. The maximum Gasteiger partial charge on any atom is 0.256 e. The number of aromatic nitrogens is 1. The minimum atomic E-state index is -0.297. The normalized spacial score (nSPS) is 13.9. The highest BCUT2D eigenvalue weighted by molar-refractivity contribution is 7.22. The topological polar surface area (TPSA) is 79.4 Å². The Bertz CT molecular complexity index is 1350. The zero-order chi connectivity index (χ0) is 22.4. The molecule has 0 unspecified atom stereocenters. The summed E-state index contributed by atoms with van der Waals surface area (Å²) in [4.78, 5) is 44.3. The van der Waals surface area contributed by atoms with E-state index in [1.807, 2.05) is 38.1 Å². The highest BCUT2D eigenvalue weighted by atomic mass is 32.1. The largest absolute Gasteiger partial charge is 0.313 e. The first kappa shape index (κ1) is 20.5. The number of carbonyl (C=O) groups excluding carboxylic acids is 3. The first-order valence-corrected chi connectivity index (χ1v) is 11.8. The second kappa shape index (κ2) is 7.96. The van der Waals surface area contributed by atoms with Gasteiger partial charge in [-0.3, -0.25) is 19.3 Å². The molecule has 4 aromatic rings. The molecule has 32 heavy (non-hydrogen) atoms. The molecule has 1 saturated heterocycles. The van der Waals surface area contributed by atoms with E-state index in [1.165, 1.54) is 11.3 Å². The quantitative estimate of drug-likeness (QED) is 0.404. The van der Waals surface area contributed by atoms with E-state index in [1.54, 1.807) is 35.6 Å². The number of rotatable bonds is 4. The first-order valence-electron chi connectivity index (χ1n) is 10.2. The van der Waals surface area contributed by atoms with Crippen LogP contribution in [0, 0.1) is 13.8 Å². The van der Waals surface area contributed by atoms with E-state index in [0.29, 0.717) is 11.3 Å². The molecule has 6 nitrogen and oxygen atoms in total. The van der Waals surface area contributed by atoms with E-state index >= 15 is 0 Å². The lowest BCUT2D eigenvalue weighted by Gasteiger charge is -2.14. The van der Waals surface area contributed by atoms with Crippen LogP contribution < -0.4 is 10.2 Å². The SMILES string of the molecule is Cc1sc(NC(=O)c2cccc(N3C(=O)CCC3=O)c2)c(-c2nc3ccccc3s2)c1C. The van der Waals surface area contributed by atoms with Gasteiger partial charge in [0.1, 0.15) is 10.0 Å². The van der Waals surface area contributed by atoms with E-state index in [2.05, 4.69) is 5.32 Å². The molecule has 0 radical (unpaired) electrons. The molecular weight excluding hydrogens is 442 g/mol. The highest BCUT2D eigenvalue weighted by Crippen LogP contribution is 2.43. The monoisotopic (exact) mass is 461 g/mol. The maximum atomic E-state index is 13.1. The van der Waals surface area contributed by atoms with Crippen molar-refractivity contribution in [3.63, 3.8) is 0 Å². The van der Waals surface area contributed by atoms with Gasteiger partial charge in [0.05, 0.1) is 15.9 Å². The van der Waals surface area contributed by atoms with Crippen molar-refractivity contribution in [1.29, 1.82) is 0 Å². The zero-order valence-corrected chi connectivity index (χ0v) is 19.1. The smallest absolute Gasteiger partial charge is 0.256 e. The van der Waals surface area contributed by atoms with Gasteiger partial charge in [-0.05, 0) is 49.7 Å². The number of thiazole rings is 1. The summed E-state index contributed by atoms with van der Waals surface area (Å²) in [5, 5.41) is 4.63. The molecule has 0 atom stereocenters. The van der Waals surface area contributed by atoms with E-state index in [0.717, 1.165) is 41.1 Å². The summed E-state index contributed by atoms with van der Waals surface area (Å²) in [5.74, 6) is -0.778. The van der Waals surface area contributed by atoms with Crippen molar-refractivity contribution in [3.05, 3.63) is 64.5 Å². The number of hydrogen-bond donors (Lipinski definition) is 1. The number of para-hydroxylation sites is 1. The van der Waals surface area contributed by atoms with Gasteiger partial charge in [0, 0.05) is 28.8 Å². The van der Waals surface area contributed by atoms with Crippen LogP contribution in [0.2, 0.25) is 0 Å². The molecule has 2 aromatic carbocycles. The molecule has 1 N–H and O–H groups in total. The summed E-state index contributed by atoms with van der Waals surface area (Å²) >= 11 is 3.11. The second-order valence-corrected chi connectivity index (χ2v) is 9.86. The molecule has 5 rings (SSSR count). The van der Waals surface area contributed by atoms with Gasteiger partial charge in [0.15, 0.2) is 0 Å². The second-order valence-electron chi connectivity index (χ2n) is 7.60. The van der Waals surface area contributed by atoms with Crippen LogP contribution in [-0.4, -0.2) is 22.7 Å². The molecule has 1 aliphatic heterocycles. The molecule has 3 amide bonds. The molecular formula is C24H19N3O3S2. The van der Waals surface area contributed by atoms with Crippen LogP contribution in [0.25, 0.3) is 20.8 Å². The number of carbonyl (C=O) groups is 3. The lowest BCUT2D eigenvalue weighted by Crippen LogP contribution is -2.28. The van der Waals surface area contributed by atoms with Crippen LogP contribution in [0.3, 0.4) is 0 Å². The van der Waals surface area contributed by atoms with Crippen molar-refractivity contribution >= 4 is 61.3 Å². The third-order valence-corrected chi connectivity index (χ3v) is 7.71. The summed E-state index contributed by atoms with van der Waals surface area (Å²) in [6.45, 7) is 4.06. The van der Waals surface area contributed by atoms with Crippen molar-refractivity contribution in [2.24, 2.45) is 0 Å². The van der Waals surface area contributed by atoms with Crippen molar-refractivity contribution in [3.8, 4) is 10.6 Å². The maximum absolute atomic E-state index is 13.1. The highest BCUT2D eigenvalue weighted by Gasteiger charge is 2.30. The van der Waals surface area contributed by atoms with Crippen molar-refractivity contribution in [2.45, 2.75) is 26.7 Å². The van der Waals surface area contributed by atoms with E-state index < -0.39 is 0 Å². The van der Waals surface area contributed by atoms with E-state index in [9.17, 15) is 14.4 Å². The summed E-state index contributed by atoms with van der Waals surface area (Å²) < 4.78 is 1.09. The lowest BCUT2D eigenvalue weighted by molar-refractivity contribution is -0.121. The number of thiophene rings is 1. The molecule has 0 aliphatic carbocycles. The van der Waals surface area contributed by atoms with Crippen molar-refractivity contribution in [1.82, 2.24) is 4.98 Å². The van der Waals surface area contributed by atoms with Crippen LogP contribution in [-0.2, 0) is 9.59 Å². The van der Waals surface area contributed by atoms with Crippen LogP contribution in [0.4, 0.5) is 10.7 Å². The summed E-state index contributed by atoms with van der Waals surface area (Å²) in [5.41, 5.74) is 3.76. The zero-order valence-electron chi connectivity index (χ0n) is 17.5. The molecule has 2 aromatic heterocycles. The lowest BCUT2D eigenvalue weighted by atomic mass is 10.1. The Morgan fingerprint density at radius 2 is 1.75 bits per heavy atom. The third-order valence-electron chi connectivity index (χ3n) is 5.54. The van der Waals surface area contributed by atoms with Gasteiger partial charge >= 0.3 is 0 Å². The fourth-order valence-corrected chi connectivity index (χ4v) is 5.97. The summed E-state index contributed by atoms with van der Waals surface area (Å²) in [6, 6.07) is 14.6. The number of aryl methyl sites for hydroxylation is 1. The number of nitrogens with zero attached hydrogens (tertiary/aromatic N) is 2. The average Bonchev–Trinajstić information content (AvgIpc) is 3.43. The number of fused-ring (bicyclic) bond motifs is 1. The average molecular weight is 462 g/mol. The molecule has 8 heteroatoms. The van der Waals surface area contributed by atoms with Gasteiger partial charge in [-0.2, -0.15) is 0 Å². The Labute approximate surface area is 192 Å². The number of benzene rings is 2. The van der Waals surface area contributed by atoms with Crippen LogP contribution in [0.15, 0.2) is 48.5 Å². The predicted octanol–water partition coefficient (Wildman–Crippen LogP) is 5.55. The van der Waals surface area contributed by atoms with Gasteiger partial charge in [-0.1, -0.05) is 18.2 Å². The molecule has 160 valence electrons. The van der Waals surface area contributed by atoms with E-state index in [-0.39, 0.29) is 30.6 Å². The Morgan fingerprint density at radius 3 is 2.50 bits per heavy atom. The fraction of sp³-hybridized carbons (Fsp3) is 0.167. The number of hydrogen-bond acceptors (Lipinski definition) is 6. The van der Waals surface area contributed by atoms with Gasteiger partial charge in [0.2, 0.25) is 11.8 Å². The Kier molecular flexibility index (Phi) is 5.11. The van der Waals surface area contributed by atoms with Crippen LogP contribution in [0.1, 0.15) is 33.6 Å². The standard InChI is InChI=1S/C24H19N3O3S2/c1-13-14(2)31-24(21(13)23-25-17-8-3-4-9-18(17)32-23)26-22(30)15-6-5-7-16(12-15)27-19(28)10-11-20(27)29/h3-9,12H,10-11H2,1-2H3,(H,26,30). The van der Waals surface area contributed by atoms with Crippen LogP contribution >= 0.6 is 22.7 Å². The molecule has 3 heterocycles. The van der Waals surface area contributed by atoms with Gasteiger partial charge in [-0.15, -0.1) is 22.7 Å². The minimum absolute atomic E-state index is 0.203. The minimum Gasteiger partial charge on any atom is -0.313 e. The van der Waals surface area contributed by atoms with Crippen molar-refractivity contribution < 1.29 is 14.4 Å². The van der Waals surface area contributed by atoms with Gasteiger partial charge < -0.3 is 5.32 Å². The fourth-order valence-electron chi connectivity index (χ4n) is 3.78. The number of anilines is 2. The van der Waals surface area contributed by atoms with Gasteiger partial charge in [0.25, 0.3) is 5.91 Å². The Morgan fingerprint density at radius 1 is 1.00 bits per heavy atom. The number of imide groups is 1. The van der Waals surface area contributed by atoms with E-state index in [4.69, 9.17) is 4.98 Å². The summed E-state index contributed by atoms with van der Waals surface area (Å²) in [6.07, 6.45) is 0.406. The Hall–Kier alpha value is -3.36. The molecule has 0 saturated carbocycles. The molecule has 1 fully saturated rings. The molecule has 1 aliphatic rings. The third kappa shape index (κ3) is 3.51. The molecule has 0 bridgehead atoms. The van der Waals surface area contributed by atoms with Crippen molar-refractivity contribution in [2.75, 3.05) is 10.2 Å². The van der Waals surface area contributed by atoms with Gasteiger partial charge in [-0.25, -0.2) is 4.98 Å².